The van der Waals surface area contributed by atoms with Crippen molar-refractivity contribution in [3.8, 4) is 0 Å². The van der Waals surface area contributed by atoms with Crippen molar-refractivity contribution in [1.82, 2.24) is 14.7 Å². The first-order valence-electron chi connectivity index (χ1n) is 10.0. The van der Waals surface area contributed by atoms with Crippen LogP contribution in [-0.2, 0) is 20.8 Å². The van der Waals surface area contributed by atoms with E-state index in [1.165, 1.54) is 5.56 Å². The largest absolute Gasteiger partial charge is 0.342 e. The monoisotopic (exact) mass is 369 g/mol. The highest BCUT2D eigenvalue weighted by molar-refractivity contribution is 6.35. The number of hydrogen-bond donors (Lipinski definition) is 0. The highest BCUT2D eigenvalue weighted by Gasteiger charge is 2.40. The first-order chi connectivity index (χ1) is 13.1. The molecule has 3 aliphatic rings. The maximum absolute atomic E-state index is 12.5. The molecule has 6 heteroatoms. The van der Waals surface area contributed by atoms with Crippen molar-refractivity contribution >= 4 is 17.7 Å². The number of amides is 3. The molecule has 0 radical (unpaired) electrons. The maximum Gasteiger partial charge on any atom is 0.312 e. The standard InChI is InChI=1S/C21H27N3O3/c25-19(22-9-4-5-10-22)18-8-11-23(15-18)20(26)21(27)24-13-17(14-24)12-16-6-2-1-3-7-16/h1-3,6-7,17-18H,4-5,8-15H2. The van der Waals surface area contributed by atoms with Crippen molar-refractivity contribution in [2.45, 2.75) is 25.7 Å². The van der Waals surface area contributed by atoms with Crippen molar-refractivity contribution in [1.29, 1.82) is 0 Å². The predicted octanol–water partition coefficient (Wildman–Crippen LogP) is 1.16. The van der Waals surface area contributed by atoms with Crippen LogP contribution in [0, 0.1) is 11.8 Å². The molecule has 27 heavy (non-hydrogen) atoms. The van der Waals surface area contributed by atoms with Crippen LogP contribution in [0.2, 0.25) is 0 Å². The van der Waals surface area contributed by atoms with Crippen molar-refractivity contribution < 1.29 is 14.4 Å². The Hall–Kier alpha value is -2.37. The third-order valence-corrected chi connectivity index (χ3v) is 6.04. The van der Waals surface area contributed by atoms with Gasteiger partial charge in [0.1, 0.15) is 0 Å². The molecule has 144 valence electrons. The molecule has 1 atom stereocenters. The SMILES string of the molecule is O=C(C(=O)N1CCC(C(=O)N2CCCC2)C1)N1CC(Cc2ccccc2)C1. The Morgan fingerprint density at radius 2 is 1.48 bits per heavy atom. The molecule has 3 aliphatic heterocycles. The van der Waals surface area contributed by atoms with E-state index in [0.29, 0.717) is 38.5 Å². The Labute approximate surface area is 160 Å². The Bertz CT molecular complexity index is 709. The van der Waals surface area contributed by atoms with E-state index in [9.17, 15) is 14.4 Å². The van der Waals surface area contributed by atoms with Crippen LogP contribution in [0.4, 0.5) is 0 Å². The van der Waals surface area contributed by atoms with Crippen LogP contribution in [0.5, 0.6) is 0 Å². The quantitative estimate of drug-likeness (QED) is 0.751. The van der Waals surface area contributed by atoms with Gasteiger partial charge in [-0.1, -0.05) is 30.3 Å². The van der Waals surface area contributed by atoms with E-state index in [0.717, 1.165) is 32.4 Å². The molecule has 6 nitrogen and oxygen atoms in total. The first kappa shape index (κ1) is 18.0. The third-order valence-electron chi connectivity index (χ3n) is 6.04. The molecule has 0 saturated carbocycles. The second-order valence-corrected chi connectivity index (χ2v) is 8.04. The van der Waals surface area contributed by atoms with E-state index in [1.807, 2.05) is 23.1 Å². The number of likely N-dealkylation sites (tertiary alicyclic amines) is 3. The number of hydrogen-bond acceptors (Lipinski definition) is 3. The van der Waals surface area contributed by atoms with Gasteiger partial charge in [0.25, 0.3) is 0 Å². The van der Waals surface area contributed by atoms with Gasteiger partial charge in [-0.2, -0.15) is 0 Å². The summed E-state index contributed by atoms with van der Waals surface area (Å²) in [6, 6.07) is 10.2. The van der Waals surface area contributed by atoms with E-state index in [4.69, 9.17) is 0 Å². The van der Waals surface area contributed by atoms with Crippen molar-refractivity contribution in [3.05, 3.63) is 35.9 Å². The van der Waals surface area contributed by atoms with Gasteiger partial charge in [-0.3, -0.25) is 14.4 Å². The lowest BCUT2D eigenvalue weighted by Gasteiger charge is -2.39. The summed E-state index contributed by atoms with van der Waals surface area (Å²) in [6.45, 7) is 3.85. The average molecular weight is 369 g/mol. The van der Waals surface area contributed by atoms with Crippen LogP contribution >= 0.6 is 0 Å². The molecule has 0 spiro atoms. The number of benzene rings is 1. The highest BCUT2D eigenvalue weighted by atomic mass is 16.2. The number of carbonyl (C=O) groups excluding carboxylic acids is 3. The van der Waals surface area contributed by atoms with E-state index in [1.54, 1.807) is 9.80 Å². The molecule has 0 bridgehead atoms. The highest BCUT2D eigenvalue weighted by Crippen LogP contribution is 2.24. The zero-order chi connectivity index (χ0) is 18.8. The Morgan fingerprint density at radius 3 is 2.19 bits per heavy atom. The average Bonchev–Trinajstić information content (AvgIpc) is 3.35. The molecular formula is C21H27N3O3. The van der Waals surface area contributed by atoms with Crippen LogP contribution in [-0.4, -0.2) is 71.7 Å². The number of nitrogens with zero attached hydrogens (tertiary/aromatic N) is 3. The summed E-state index contributed by atoms with van der Waals surface area (Å²) in [4.78, 5) is 42.6. The molecule has 3 fully saturated rings. The van der Waals surface area contributed by atoms with Crippen molar-refractivity contribution in [3.63, 3.8) is 0 Å². The second kappa shape index (κ2) is 7.71. The maximum atomic E-state index is 12.5. The lowest BCUT2D eigenvalue weighted by Crippen LogP contribution is -2.55. The summed E-state index contributed by atoms with van der Waals surface area (Å²) in [5.74, 6) is -0.408. The Kier molecular flexibility index (Phi) is 5.14. The molecule has 1 aromatic carbocycles. The minimum absolute atomic E-state index is 0.137. The minimum Gasteiger partial charge on any atom is -0.342 e. The molecule has 3 heterocycles. The van der Waals surface area contributed by atoms with Gasteiger partial charge in [-0.05, 0) is 37.2 Å². The normalized spacial score (nSPS) is 22.8. The van der Waals surface area contributed by atoms with E-state index in [2.05, 4.69) is 12.1 Å². The van der Waals surface area contributed by atoms with Crippen LogP contribution < -0.4 is 0 Å². The van der Waals surface area contributed by atoms with Gasteiger partial charge in [-0.15, -0.1) is 0 Å². The van der Waals surface area contributed by atoms with Crippen LogP contribution in [0.1, 0.15) is 24.8 Å². The summed E-state index contributed by atoms with van der Waals surface area (Å²) < 4.78 is 0. The Morgan fingerprint density at radius 1 is 0.815 bits per heavy atom. The second-order valence-electron chi connectivity index (χ2n) is 8.04. The van der Waals surface area contributed by atoms with Gasteiger partial charge in [0, 0.05) is 39.3 Å². The summed E-state index contributed by atoms with van der Waals surface area (Å²) in [5.41, 5.74) is 1.27. The number of rotatable bonds is 3. The number of carbonyl (C=O) groups is 3. The summed E-state index contributed by atoms with van der Waals surface area (Å²) in [5, 5.41) is 0. The van der Waals surface area contributed by atoms with E-state index >= 15 is 0 Å². The third kappa shape index (κ3) is 3.84. The molecule has 1 unspecified atom stereocenters. The summed E-state index contributed by atoms with van der Waals surface area (Å²) >= 11 is 0. The summed E-state index contributed by atoms with van der Waals surface area (Å²) in [7, 11) is 0. The van der Waals surface area contributed by atoms with Gasteiger partial charge in [0.05, 0.1) is 5.92 Å². The lowest BCUT2D eigenvalue weighted by atomic mass is 9.92. The smallest absolute Gasteiger partial charge is 0.312 e. The zero-order valence-corrected chi connectivity index (χ0v) is 15.7. The fourth-order valence-electron chi connectivity index (χ4n) is 4.42. The predicted molar refractivity (Wildman–Crippen MR) is 101 cm³/mol. The first-order valence-corrected chi connectivity index (χ1v) is 10.0. The van der Waals surface area contributed by atoms with E-state index < -0.39 is 11.8 Å². The van der Waals surface area contributed by atoms with E-state index in [-0.39, 0.29) is 11.8 Å². The fourth-order valence-corrected chi connectivity index (χ4v) is 4.42. The van der Waals surface area contributed by atoms with Crippen LogP contribution in [0.25, 0.3) is 0 Å². The topological polar surface area (TPSA) is 60.9 Å². The summed E-state index contributed by atoms with van der Waals surface area (Å²) in [6.07, 6.45) is 3.75. The van der Waals surface area contributed by atoms with Crippen LogP contribution in [0.3, 0.4) is 0 Å². The zero-order valence-electron chi connectivity index (χ0n) is 15.7. The lowest BCUT2D eigenvalue weighted by molar-refractivity contribution is -0.155. The van der Waals surface area contributed by atoms with Gasteiger partial charge in [-0.25, -0.2) is 0 Å². The minimum atomic E-state index is -0.440. The molecule has 0 aromatic heterocycles. The Balaban J connectivity index is 1.24. The van der Waals surface area contributed by atoms with Gasteiger partial charge in [0.15, 0.2) is 0 Å². The van der Waals surface area contributed by atoms with Gasteiger partial charge >= 0.3 is 11.8 Å². The van der Waals surface area contributed by atoms with Crippen molar-refractivity contribution in [2.75, 3.05) is 39.3 Å². The van der Waals surface area contributed by atoms with Crippen molar-refractivity contribution in [2.24, 2.45) is 11.8 Å². The molecule has 1 aromatic rings. The van der Waals surface area contributed by atoms with Gasteiger partial charge < -0.3 is 14.7 Å². The molecule has 0 aliphatic carbocycles. The van der Waals surface area contributed by atoms with Gasteiger partial charge in [0.2, 0.25) is 5.91 Å². The molecule has 3 saturated heterocycles. The fraction of sp³-hybridized carbons (Fsp3) is 0.571. The molecule has 4 rings (SSSR count). The molecule has 0 N–H and O–H groups in total. The molecular weight excluding hydrogens is 342 g/mol. The van der Waals surface area contributed by atoms with Crippen LogP contribution in [0.15, 0.2) is 30.3 Å². The molecule has 3 amide bonds.